The smallest absolute Gasteiger partial charge is 0.236 e. The third-order valence-electron chi connectivity index (χ3n) is 6.65. The summed E-state index contributed by atoms with van der Waals surface area (Å²) >= 11 is 0. The van der Waals surface area contributed by atoms with Crippen LogP contribution in [0.25, 0.3) is 0 Å². The largest absolute Gasteiger partial charge is 0.381 e. The fraction of sp³-hybridized carbons (Fsp3) is 0.900. The van der Waals surface area contributed by atoms with Crippen molar-refractivity contribution in [2.75, 3.05) is 86.7 Å². The summed E-state index contributed by atoms with van der Waals surface area (Å²) in [4.78, 5) is 25.9. The van der Waals surface area contributed by atoms with Gasteiger partial charge in [-0.1, -0.05) is 0 Å². The number of hydrogen-bond donors (Lipinski definition) is 1. The molecule has 0 aromatic heterocycles. The second kappa shape index (κ2) is 11.7. The summed E-state index contributed by atoms with van der Waals surface area (Å²) in [5, 5.41) is 3.62. The van der Waals surface area contributed by atoms with Crippen LogP contribution in [0.3, 0.4) is 0 Å². The van der Waals surface area contributed by atoms with Crippen molar-refractivity contribution in [2.24, 2.45) is 4.99 Å². The van der Waals surface area contributed by atoms with Crippen molar-refractivity contribution in [1.82, 2.24) is 24.9 Å². The highest BCUT2D eigenvalue weighted by molar-refractivity contribution is 14.0. The number of nitrogens with one attached hydrogen (secondary N) is 1. The Morgan fingerprint density at radius 3 is 2.21 bits per heavy atom. The number of ether oxygens (including phenoxy) is 1. The lowest BCUT2D eigenvalue weighted by Gasteiger charge is -2.44. The van der Waals surface area contributed by atoms with Crippen LogP contribution >= 0.6 is 24.0 Å². The van der Waals surface area contributed by atoms with Gasteiger partial charge in [-0.3, -0.25) is 14.7 Å². The number of rotatable bonds is 5. The van der Waals surface area contributed by atoms with Gasteiger partial charge >= 0.3 is 0 Å². The van der Waals surface area contributed by atoms with Crippen LogP contribution in [0.2, 0.25) is 0 Å². The molecule has 9 heteroatoms. The average Bonchev–Trinajstić information content (AvgIpc) is 3.25. The Labute approximate surface area is 193 Å². The Morgan fingerprint density at radius 1 is 1.03 bits per heavy atom. The maximum Gasteiger partial charge on any atom is 0.236 e. The molecule has 0 spiro atoms. The lowest BCUT2D eigenvalue weighted by Crippen LogP contribution is -2.59. The molecular weight excluding hydrogens is 483 g/mol. The molecule has 0 aromatic carbocycles. The molecule has 0 atom stereocenters. The molecule has 168 valence electrons. The first kappa shape index (κ1) is 24.6. The standard InChI is InChI=1S/C20H38N6O2.HI/c1-21-19(22-17-20(23(2)3)6-14-28-15-7-20)26-12-10-24(11-13-26)16-18(27)25-8-4-5-9-25;/h4-17H2,1-3H3,(H,21,22);1H. The van der Waals surface area contributed by atoms with E-state index in [1.165, 1.54) is 0 Å². The zero-order chi connectivity index (χ0) is 20.0. The van der Waals surface area contributed by atoms with E-state index < -0.39 is 0 Å². The van der Waals surface area contributed by atoms with Crippen LogP contribution in [-0.2, 0) is 9.53 Å². The molecule has 3 fully saturated rings. The van der Waals surface area contributed by atoms with Crippen molar-refractivity contribution in [3.8, 4) is 0 Å². The van der Waals surface area contributed by atoms with E-state index in [-0.39, 0.29) is 29.5 Å². The maximum atomic E-state index is 12.4. The monoisotopic (exact) mass is 522 g/mol. The van der Waals surface area contributed by atoms with Gasteiger partial charge in [0.1, 0.15) is 0 Å². The number of carbonyl (C=O) groups is 1. The van der Waals surface area contributed by atoms with Crippen LogP contribution in [0.1, 0.15) is 25.7 Å². The molecular formula is C20H39IN6O2. The molecule has 3 aliphatic rings. The first-order valence-corrected chi connectivity index (χ1v) is 10.7. The second-order valence-corrected chi connectivity index (χ2v) is 8.48. The highest BCUT2D eigenvalue weighted by Crippen LogP contribution is 2.25. The number of nitrogens with zero attached hydrogens (tertiary/aromatic N) is 5. The van der Waals surface area contributed by atoms with Crippen LogP contribution in [-0.4, -0.2) is 124 Å². The van der Waals surface area contributed by atoms with Crippen LogP contribution in [0.15, 0.2) is 4.99 Å². The summed E-state index contributed by atoms with van der Waals surface area (Å²) in [5.41, 5.74) is 0.123. The lowest BCUT2D eigenvalue weighted by atomic mass is 9.88. The molecule has 0 aliphatic carbocycles. The Bertz CT molecular complexity index is 539. The van der Waals surface area contributed by atoms with E-state index in [0.29, 0.717) is 12.5 Å². The van der Waals surface area contributed by atoms with Gasteiger partial charge in [-0.15, -0.1) is 24.0 Å². The fourth-order valence-corrected chi connectivity index (χ4v) is 4.48. The molecule has 3 rings (SSSR count). The molecule has 1 N–H and O–H groups in total. The average molecular weight is 522 g/mol. The van der Waals surface area contributed by atoms with Crippen molar-refractivity contribution >= 4 is 35.8 Å². The van der Waals surface area contributed by atoms with E-state index >= 15 is 0 Å². The van der Waals surface area contributed by atoms with Gasteiger partial charge in [-0.05, 0) is 39.8 Å². The van der Waals surface area contributed by atoms with Crippen molar-refractivity contribution in [1.29, 1.82) is 0 Å². The quantitative estimate of drug-likeness (QED) is 0.323. The van der Waals surface area contributed by atoms with Crippen LogP contribution in [0.5, 0.6) is 0 Å². The number of likely N-dealkylation sites (N-methyl/N-ethyl adjacent to an activating group) is 1. The molecule has 0 aromatic rings. The highest BCUT2D eigenvalue weighted by Gasteiger charge is 2.35. The molecule has 0 bridgehead atoms. The molecule has 3 heterocycles. The van der Waals surface area contributed by atoms with Crippen molar-refractivity contribution in [3.05, 3.63) is 0 Å². The molecule has 0 unspecified atom stereocenters. The van der Waals surface area contributed by atoms with E-state index in [2.05, 4.69) is 39.1 Å². The minimum atomic E-state index is 0. The molecule has 8 nitrogen and oxygen atoms in total. The van der Waals surface area contributed by atoms with Gasteiger partial charge in [0.05, 0.1) is 6.54 Å². The zero-order valence-corrected chi connectivity index (χ0v) is 20.7. The SMILES string of the molecule is CN=C(NCC1(N(C)C)CCOCC1)N1CCN(CC(=O)N2CCCC2)CC1.I. The van der Waals surface area contributed by atoms with Crippen LogP contribution < -0.4 is 5.32 Å². The Hall–Kier alpha value is -0.650. The topological polar surface area (TPSA) is 63.7 Å². The van der Waals surface area contributed by atoms with Gasteiger partial charge in [-0.25, -0.2) is 0 Å². The summed E-state index contributed by atoms with van der Waals surface area (Å²) in [5.74, 6) is 1.26. The number of carbonyl (C=O) groups excluding carboxylic acids is 1. The fourth-order valence-electron chi connectivity index (χ4n) is 4.48. The summed E-state index contributed by atoms with van der Waals surface area (Å²) in [6, 6.07) is 0. The second-order valence-electron chi connectivity index (χ2n) is 8.48. The number of halogens is 1. The molecule has 29 heavy (non-hydrogen) atoms. The van der Waals surface area contributed by atoms with E-state index in [0.717, 1.165) is 90.7 Å². The van der Waals surface area contributed by atoms with Gasteiger partial charge in [0.25, 0.3) is 0 Å². The molecule has 3 aliphatic heterocycles. The van der Waals surface area contributed by atoms with Gasteiger partial charge in [-0.2, -0.15) is 0 Å². The van der Waals surface area contributed by atoms with Crippen molar-refractivity contribution < 1.29 is 9.53 Å². The van der Waals surface area contributed by atoms with Crippen LogP contribution in [0.4, 0.5) is 0 Å². The van der Waals surface area contributed by atoms with Crippen LogP contribution in [0, 0.1) is 0 Å². The number of piperazine rings is 1. The van der Waals surface area contributed by atoms with Gasteiger partial charge in [0.2, 0.25) is 5.91 Å². The lowest BCUT2D eigenvalue weighted by molar-refractivity contribution is -0.131. The first-order valence-electron chi connectivity index (χ1n) is 10.7. The molecule has 1 amide bonds. The van der Waals surface area contributed by atoms with E-state index in [1.54, 1.807) is 0 Å². The third kappa shape index (κ3) is 6.41. The molecule has 3 saturated heterocycles. The van der Waals surface area contributed by atoms with E-state index in [9.17, 15) is 4.79 Å². The van der Waals surface area contributed by atoms with Crippen molar-refractivity contribution in [3.63, 3.8) is 0 Å². The van der Waals surface area contributed by atoms with E-state index in [4.69, 9.17) is 4.74 Å². The Kier molecular flexibility index (Phi) is 9.90. The van der Waals surface area contributed by atoms with Gasteiger partial charge in [0, 0.05) is 71.6 Å². The van der Waals surface area contributed by atoms with Gasteiger partial charge < -0.3 is 24.8 Å². The maximum absolute atomic E-state index is 12.4. The number of likely N-dealkylation sites (tertiary alicyclic amines) is 1. The number of guanidine groups is 1. The predicted molar refractivity (Wildman–Crippen MR) is 127 cm³/mol. The minimum Gasteiger partial charge on any atom is -0.381 e. The summed E-state index contributed by atoms with van der Waals surface area (Å²) < 4.78 is 5.57. The third-order valence-corrected chi connectivity index (χ3v) is 6.65. The Balaban J connectivity index is 0.00000300. The molecule has 0 radical (unpaired) electrons. The minimum absolute atomic E-state index is 0. The predicted octanol–water partition coefficient (Wildman–Crippen LogP) is 0.531. The number of amides is 1. The van der Waals surface area contributed by atoms with Gasteiger partial charge in [0.15, 0.2) is 5.96 Å². The Morgan fingerprint density at radius 2 is 1.66 bits per heavy atom. The summed E-state index contributed by atoms with van der Waals surface area (Å²) in [7, 11) is 6.18. The zero-order valence-electron chi connectivity index (χ0n) is 18.4. The molecule has 0 saturated carbocycles. The summed E-state index contributed by atoms with van der Waals surface area (Å²) in [6.45, 7) is 8.59. The van der Waals surface area contributed by atoms with Crippen molar-refractivity contribution in [2.45, 2.75) is 31.2 Å². The van der Waals surface area contributed by atoms with E-state index in [1.807, 2.05) is 11.9 Å². The summed E-state index contributed by atoms with van der Waals surface area (Å²) in [6.07, 6.45) is 4.39. The highest BCUT2D eigenvalue weighted by atomic mass is 127. The normalized spacial score (nSPS) is 23.2. The number of hydrogen-bond acceptors (Lipinski definition) is 5. The number of aliphatic imine (C=N–C) groups is 1. The first-order chi connectivity index (χ1) is 13.5.